The molecule has 160 valence electrons. The first kappa shape index (κ1) is 19.4. The van der Waals surface area contributed by atoms with Crippen molar-refractivity contribution >= 4 is 11.8 Å². The van der Waals surface area contributed by atoms with Crippen molar-refractivity contribution in [1.29, 1.82) is 0 Å². The van der Waals surface area contributed by atoms with E-state index >= 15 is 0 Å². The molecule has 4 heteroatoms. The molecular weight excluding hydrogens is 396 g/mol. The van der Waals surface area contributed by atoms with E-state index in [2.05, 4.69) is 53.8 Å². The van der Waals surface area contributed by atoms with E-state index in [0.717, 1.165) is 25.7 Å². The summed E-state index contributed by atoms with van der Waals surface area (Å²) in [6.07, 6.45) is 3.91. The van der Waals surface area contributed by atoms with Crippen molar-refractivity contribution in [3.8, 4) is 0 Å². The second-order valence-corrected chi connectivity index (χ2v) is 9.24. The molecule has 2 aliphatic carbocycles. The Labute approximate surface area is 188 Å². The van der Waals surface area contributed by atoms with Gasteiger partial charge in [-0.25, -0.2) is 0 Å². The van der Waals surface area contributed by atoms with Gasteiger partial charge in [-0.15, -0.1) is 0 Å². The first-order chi connectivity index (χ1) is 15.7. The molecule has 3 aliphatic rings. The Balaban J connectivity index is 1.47. The molecule has 1 heterocycles. The molecule has 3 atom stereocenters. The van der Waals surface area contributed by atoms with Crippen molar-refractivity contribution in [3.63, 3.8) is 0 Å². The lowest BCUT2D eigenvalue weighted by Gasteiger charge is -2.50. The maximum Gasteiger partial charge on any atom is 0.261 e. The quantitative estimate of drug-likeness (QED) is 0.621. The van der Waals surface area contributed by atoms with Gasteiger partial charge in [-0.2, -0.15) is 0 Å². The van der Waals surface area contributed by atoms with Crippen LogP contribution in [0.25, 0.3) is 0 Å². The first-order valence-electron chi connectivity index (χ1n) is 11.5. The molecule has 0 spiro atoms. The number of hydrogen-bond acceptors (Lipinski definition) is 3. The van der Waals surface area contributed by atoms with Gasteiger partial charge >= 0.3 is 0 Å². The van der Waals surface area contributed by atoms with Gasteiger partial charge in [0.1, 0.15) is 0 Å². The number of amides is 2. The topological polar surface area (TPSA) is 49.4 Å². The van der Waals surface area contributed by atoms with Crippen molar-refractivity contribution in [3.05, 3.63) is 107 Å². The molecule has 3 aromatic carbocycles. The van der Waals surface area contributed by atoms with E-state index in [9.17, 15) is 9.59 Å². The monoisotopic (exact) mass is 422 g/mol. The number of fused-ring (bicyclic) bond motifs is 4. The molecule has 0 radical (unpaired) electrons. The lowest BCUT2D eigenvalue weighted by Crippen LogP contribution is -2.63. The summed E-state index contributed by atoms with van der Waals surface area (Å²) in [6, 6.07) is 26.0. The van der Waals surface area contributed by atoms with Crippen molar-refractivity contribution in [2.24, 2.45) is 5.92 Å². The van der Waals surface area contributed by atoms with Gasteiger partial charge in [0.2, 0.25) is 0 Å². The van der Waals surface area contributed by atoms with E-state index < -0.39 is 5.54 Å². The fourth-order valence-corrected chi connectivity index (χ4v) is 6.34. The molecule has 1 fully saturated rings. The zero-order valence-electron chi connectivity index (χ0n) is 18.0. The molecular formula is C28H26N2O2. The SMILES string of the molecule is O=C1c2ccccc2C(=O)N1C1CCCC2Cc3ccccc3C21NCc1ccccc1. The van der Waals surface area contributed by atoms with E-state index in [4.69, 9.17) is 0 Å². The van der Waals surface area contributed by atoms with Crippen molar-refractivity contribution < 1.29 is 9.59 Å². The first-order valence-corrected chi connectivity index (χ1v) is 11.5. The van der Waals surface area contributed by atoms with Crippen molar-refractivity contribution in [2.45, 2.75) is 43.8 Å². The number of benzene rings is 3. The molecule has 0 aromatic heterocycles. The van der Waals surface area contributed by atoms with Crippen LogP contribution in [-0.4, -0.2) is 22.8 Å². The predicted octanol–water partition coefficient (Wildman–Crippen LogP) is 4.69. The van der Waals surface area contributed by atoms with E-state index in [1.807, 2.05) is 18.2 Å². The van der Waals surface area contributed by atoms with Crippen LogP contribution in [0.2, 0.25) is 0 Å². The number of carbonyl (C=O) groups excluding carboxylic acids is 2. The fraction of sp³-hybridized carbons (Fsp3) is 0.286. The highest BCUT2D eigenvalue weighted by Gasteiger charge is 2.58. The number of carbonyl (C=O) groups is 2. The van der Waals surface area contributed by atoms with Crippen LogP contribution in [0.4, 0.5) is 0 Å². The number of imide groups is 1. The predicted molar refractivity (Wildman–Crippen MR) is 123 cm³/mol. The van der Waals surface area contributed by atoms with Gasteiger partial charge in [0, 0.05) is 6.54 Å². The van der Waals surface area contributed by atoms with E-state index in [1.165, 1.54) is 16.7 Å². The van der Waals surface area contributed by atoms with Crippen LogP contribution in [-0.2, 0) is 18.5 Å². The standard InChI is InChI=1S/C28H26N2O2/c31-26-22-13-5-6-14-23(22)27(32)30(26)25-16-8-12-21-17-20-11-4-7-15-24(20)28(21,25)29-18-19-9-2-1-3-10-19/h1-7,9-11,13-15,21,25,29H,8,12,16-18H2. The van der Waals surface area contributed by atoms with Crippen LogP contribution >= 0.6 is 0 Å². The summed E-state index contributed by atoms with van der Waals surface area (Å²) >= 11 is 0. The lowest BCUT2D eigenvalue weighted by atomic mass is 9.68. The fourth-order valence-electron chi connectivity index (χ4n) is 6.34. The summed E-state index contributed by atoms with van der Waals surface area (Å²) < 4.78 is 0. The molecule has 2 amide bonds. The molecule has 1 N–H and O–H groups in total. The minimum atomic E-state index is -0.432. The van der Waals surface area contributed by atoms with Gasteiger partial charge in [-0.05, 0) is 54.0 Å². The van der Waals surface area contributed by atoms with Crippen molar-refractivity contribution in [2.75, 3.05) is 0 Å². The summed E-state index contributed by atoms with van der Waals surface area (Å²) in [4.78, 5) is 28.6. The Bertz CT molecular complexity index is 1170. The molecule has 3 aromatic rings. The van der Waals surface area contributed by atoms with Crippen LogP contribution < -0.4 is 5.32 Å². The average molecular weight is 423 g/mol. The van der Waals surface area contributed by atoms with Gasteiger partial charge in [-0.1, -0.05) is 73.2 Å². The van der Waals surface area contributed by atoms with Crippen LogP contribution in [0.1, 0.15) is 56.7 Å². The maximum absolute atomic E-state index is 13.5. The summed E-state index contributed by atoms with van der Waals surface area (Å²) in [5.41, 5.74) is 4.42. The van der Waals surface area contributed by atoms with Gasteiger partial charge < -0.3 is 5.32 Å². The summed E-state index contributed by atoms with van der Waals surface area (Å²) in [5.74, 6) is 0.0507. The number of hydrogen-bond donors (Lipinski definition) is 1. The Morgan fingerprint density at radius 1 is 0.812 bits per heavy atom. The molecule has 32 heavy (non-hydrogen) atoms. The highest BCUT2D eigenvalue weighted by atomic mass is 16.2. The second kappa shape index (κ2) is 7.42. The third-order valence-electron chi connectivity index (χ3n) is 7.69. The van der Waals surface area contributed by atoms with E-state index in [1.54, 1.807) is 17.0 Å². The molecule has 6 rings (SSSR count). The van der Waals surface area contributed by atoms with Crippen LogP contribution in [0, 0.1) is 5.92 Å². The van der Waals surface area contributed by atoms with E-state index in [-0.39, 0.29) is 17.9 Å². The number of nitrogens with zero attached hydrogens (tertiary/aromatic N) is 1. The Morgan fingerprint density at radius 2 is 1.47 bits per heavy atom. The third-order valence-corrected chi connectivity index (χ3v) is 7.69. The highest BCUT2D eigenvalue weighted by Crippen LogP contribution is 2.52. The maximum atomic E-state index is 13.5. The van der Waals surface area contributed by atoms with Gasteiger partial charge in [0.05, 0.1) is 22.7 Å². The molecule has 4 nitrogen and oxygen atoms in total. The zero-order valence-corrected chi connectivity index (χ0v) is 18.0. The normalized spacial score (nSPS) is 26.1. The molecule has 3 unspecified atom stereocenters. The van der Waals surface area contributed by atoms with Gasteiger partial charge in [-0.3, -0.25) is 14.5 Å². The van der Waals surface area contributed by atoms with Crippen LogP contribution in [0.3, 0.4) is 0 Å². The van der Waals surface area contributed by atoms with Gasteiger partial charge in [0.15, 0.2) is 0 Å². The molecule has 0 saturated heterocycles. The second-order valence-electron chi connectivity index (χ2n) is 9.24. The third kappa shape index (κ3) is 2.72. The zero-order chi connectivity index (χ0) is 21.7. The van der Waals surface area contributed by atoms with Gasteiger partial charge in [0.25, 0.3) is 11.8 Å². The van der Waals surface area contributed by atoms with Crippen LogP contribution in [0.5, 0.6) is 0 Å². The largest absolute Gasteiger partial charge is 0.301 e. The van der Waals surface area contributed by atoms with Crippen molar-refractivity contribution in [1.82, 2.24) is 10.2 Å². The summed E-state index contributed by atoms with van der Waals surface area (Å²) in [5, 5.41) is 3.92. The Hall–Kier alpha value is -3.24. The van der Waals surface area contributed by atoms with E-state index in [0.29, 0.717) is 23.6 Å². The number of rotatable bonds is 4. The average Bonchev–Trinajstić information content (AvgIpc) is 3.30. The minimum absolute atomic E-state index is 0.151. The molecule has 0 bridgehead atoms. The smallest absolute Gasteiger partial charge is 0.261 e. The molecule has 1 aliphatic heterocycles. The minimum Gasteiger partial charge on any atom is -0.301 e. The highest BCUT2D eigenvalue weighted by molar-refractivity contribution is 6.21. The lowest BCUT2D eigenvalue weighted by molar-refractivity contribution is 0.0211. The molecule has 1 saturated carbocycles. The Kier molecular flexibility index (Phi) is 4.51. The summed E-state index contributed by atoms with van der Waals surface area (Å²) in [6.45, 7) is 0.700. The number of nitrogens with one attached hydrogen (secondary N) is 1. The Morgan fingerprint density at radius 3 is 2.22 bits per heavy atom. The van der Waals surface area contributed by atoms with Crippen LogP contribution in [0.15, 0.2) is 78.9 Å². The summed E-state index contributed by atoms with van der Waals surface area (Å²) in [7, 11) is 0.